The molecule has 27 heavy (non-hydrogen) atoms. The third-order valence-corrected chi connectivity index (χ3v) is 4.55. The average molecular weight is 356 g/mol. The second-order valence-corrected chi connectivity index (χ2v) is 6.35. The highest BCUT2D eigenvalue weighted by Gasteiger charge is 2.12. The Labute approximate surface area is 155 Å². The molecule has 0 atom stereocenters. The highest BCUT2D eigenvalue weighted by Crippen LogP contribution is 2.19. The second-order valence-electron chi connectivity index (χ2n) is 6.35. The van der Waals surface area contributed by atoms with Crippen LogP contribution in [0.3, 0.4) is 0 Å². The topological polar surface area (TPSA) is 65.1 Å². The van der Waals surface area contributed by atoms with Crippen LogP contribution in [-0.2, 0) is 6.42 Å². The van der Waals surface area contributed by atoms with Gasteiger partial charge in [0, 0.05) is 29.3 Å². The Hall–Kier alpha value is -3.73. The number of hydrogen-bond acceptors (Lipinski definition) is 3. The van der Waals surface area contributed by atoms with Gasteiger partial charge in [0.15, 0.2) is 0 Å². The Morgan fingerprint density at radius 2 is 1.67 bits per heavy atom. The van der Waals surface area contributed by atoms with E-state index in [0.29, 0.717) is 12.0 Å². The van der Waals surface area contributed by atoms with Gasteiger partial charge in [-0.05, 0) is 41.8 Å². The van der Waals surface area contributed by atoms with Gasteiger partial charge < -0.3 is 0 Å². The highest BCUT2D eigenvalue weighted by molar-refractivity contribution is 6.02. The summed E-state index contributed by atoms with van der Waals surface area (Å²) in [6.07, 6.45) is 2.39. The molecule has 0 saturated carbocycles. The number of nitro groups is 1. The van der Waals surface area contributed by atoms with Crippen molar-refractivity contribution in [2.75, 3.05) is 0 Å². The molecule has 0 aliphatic rings. The van der Waals surface area contributed by atoms with Crippen molar-refractivity contribution >= 4 is 22.5 Å². The molecule has 4 aromatic rings. The number of para-hydroxylation sites is 1. The molecule has 0 aliphatic heterocycles. The summed E-state index contributed by atoms with van der Waals surface area (Å²) in [6, 6.07) is 23.6. The largest absolute Gasteiger partial charge is 0.283 e. The molecule has 132 valence electrons. The fraction of sp³-hybridized carbons (Fsp3) is 0.0455. The van der Waals surface area contributed by atoms with Gasteiger partial charge in [-0.1, -0.05) is 42.5 Å². The SMILES string of the molecule is O=C(c1cccc(Cc2ccc([N+](=O)[O-])cc2)c1)n1ccc2ccccc21. The number of non-ortho nitro benzene ring substituents is 1. The maximum absolute atomic E-state index is 12.9. The van der Waals surface area contributed by atoms with Crippen molar-refractivity contribution in [1.29, 1.82) is 0 Å². The number of nitrogens with zero attached hydrogens (tertiary/aromatic N) is 2. The Morgan fingerprint density at radius 1 is 0.889 bits per heavy atom. The van der Waals surface area contributed by atoms with E-state index in [0.717, 1.165) is 22.0 Å². The van der Waals surface area contributed by atoms with E-state index in [1.165, 1.54) is 12.1 Å². The smallest absolute Gasteiger partial charge is 0.269 e. The summed E-state index contributed by atoms with van der Waals surface area (Å²) >= 11 is 0. The molecular weight excluding hydrogens is 340 g/mol. The minimum Gasteiger partial charge on any atom is -0.283 e. The minimum atomic E-state index is -0.412. The Kier molecular flexibility index (Phi) is 4.26. The summed E-state index contributed by atoms with van der Waals surface area (Å²) in [4.78, 5) is 23.3. The predicted octanol–water partition coefficient (Wildman–Crippen LogP) is 4.83. The molecule has 1 aromatic heterocycles. The molecule has 0 unspecified atom stereocenters. The molecule has 0 amide bonds. The molecule has 4 rings (SSSR count). The summed E-state index contributed by atoms with van der Waals surface area (Å²) in [7, 11) is 0. The molecular formula is C22H16N2O3. The van der Waals surface area contributed by atoms with Gasteiger partial charge in [0.05, 0.1) is 10.4 Å². The van der Waals surface area contributed by atoms with Gasteiger partial charge in [0.1, 0.15) is 0 Å². The van der Waals surface area contributed by atoms with Gasteiger partial charge in [-0.3, -0.25) is 19.5 Å². The van der Waals surface area contributed by atoms with Crippen LogP contribution in [0.2, 0.25) is 0 Å². The summed E-state index contributed by atoms with van der Waals surface area (Å²) < 4.78 is 1.65. The van der Waals surface area contributed by atoms with Crippen molar-refractivity contribution in [2.24, 2.45) is 0 Å². The van der Waals surface area contributed by atoms with Crippen LogP contribution in [0.4, 0.5) is 5.69 Å². The van der Waals surface area contributed by atoms with Crippen molar-refractivity contribution in [2.45, 2.75) is 6.42 Å². The van der Waals surface area contributed by atoms with Crippen LogP contribution >= 0.6 is 0 Å². The van der Waals surface area contributed by atoms with Crippen LogP contribution in [0.5, 0.6) is 0 Å². The van der Waals surface area contributed by atoms with Gasteiger partial charge in [0.2, 0.25) is 0 Å². The normalized spacial score (nSPS) is 10.8. The van der Waals surface area contributed by atoms with Crippen LogP contribution in [-0.4, -0.2) is 15.4 Å². The lowest BCUT2D eigenvalue weighted by molar-refractivity contribution is -0.384. The first-order valence-corrected chi connectivity index (χ1v) is 8.55. The summed E-state index contributed by atoms with van der Waals surface area (Å²) in [6.45, 7) is 0. The molecule has 0 aliphatic carbocycles. The number of carbonyl (C=O) groups is 1. The van der Waals surface area contributed by atoms with E-state index < -0.39 is 4.92 Å². The highest BCUT2D eigenvalue weighted by atomic mass is 16.6. The number of nitro benzene ring substituents is 1. The molecule has 5 heteroatoms. The fourth-order valence-corrected chi connectivity index (χ4v) is 3.18. The summed E-state index contributed by atoms with van der Waals surface area (Å²) in [5, 5.41) is 11.8. The van der Waals surface area contributed by atoms with Gasteiger partial charge in [-0.15, -0.1) is 0 Å². The monoisotopic (exact) mass is 356 g/mol. The molecule has 0 spiro atoms. The van der Waals surface area contributed by atoms with Crippen molar-refractivity contribution in [3.8, 4) is 0 Å². The number of hydrogen-bond donors (Lipinski definition) is 0. The van der Waals surface area contributed by atoms with Gasteiger partial charge in [0.25, 0.3) is 11.6 Å². The van der Waals surface area contributed by atoms with Crippen LogP contribution in [0.25, 0.3) is 10.9 Å². The van der Waals surface area contributed by atoms with E-state index in [2.05, 4.69) is 0 Å². The number of aromatic nitrogens is 1. The molecule has 1 heterocycles. The molecule has 3 aromatic carbocycles. The molecule has 0 radical (unpaired) electrons. The lowest BCUT2D eigenvalue weighted by Crippen LogP contribution is -2.10. The Bertz CT molecular complexity index is 1140. The Morgan fingerprint density at radius 3 is 2.44 bits per heavy atom. The van der Waals surface area contributed by atoms with Crippen molar-refractivity contribution in [3.05, 3.63) is 112 Å². The minimum absolute atomic E-state index is 0.0714. The van der Waals surface area contributed by atoms with Gasteiger partial charge in [-0.25, -0.2) is 0 Å². The average Bonchev–Trinajstić information content (AvgIpc) is 3.12. The molecule has 0 saturated heterocycles. The van der Waals surface area contributed by atoms with E-state index >= 15 is 0 Å². The molecule has 0 fully saturated rings. The van der Waals surface area contributed by atoms with E-state index in [1.54, 1.807) is 29.0 Å². The second kappa shape index (κ2) is 6.88. The van der Waals surface area contributed by atoms with Crippen LogP contribution < -0.4 is 0 Å². The zero-order valence-corrected chi connectivity index (χ0v) is 14.4. The molecule has 0 N–H and O–H groups in total. The number of rotatable bonds is 4. The number of benzene rings is 3. The predicted molar refractivity (Wildman–Crippen MR) is 104 cm³/mol. The van der Waals surface area contributed by atoms with E-state index in [9.17, 15) is 14.9 Å². The lowest BCUT2D eigenvalue weighted by Gasteiger charge is -2.07. The number of fused-ring (bicyclic) bond motifs is 1. The summed E-state index contributed by atoms with van der Waals surface area (Å²) in [5.41, 5.74) is 3.49. The number of carbonyl (C=O) groups excluding carboxylic acids is 1. The fourth-order valence-electron chi connectivity index (χ4n) is 3.18. The first-order valence-electron chi connectivity index (χ1n) is 8.55. The molecule has 0 bridgehead atoms. The van der Waals surface area contributed by atoms with Crippen LogP contribution in [0.1, 0.15) is 21.5 Å². The third kappa shape index (κ3) is 3.35. The standard InChI is InChI=1S/C22H16N2O3/c25-22(23-13-12-18-5-1-2-7-21(18)23)19-6-3-4-17(15-19)14-16-8-10-20(11-9-16)24(26)27/h1-13,15H,14H2. The van der Waals surface area contributed by atoms with Crippen molar-refractivity contribution in [1.82, 2.24) is 4.57 Å². The Balaban J connectivity index is 1.60. The summed E-state index contributed by atoms with van der Waals surface area (Å²) in [5.74, 6) is -0.0817. The van der Waals surface area contributed by atoms with E-state index in [-0.39, 0.29) is 11.6 Å². The van der Waals surface area contributed by atoms with Crippen LogP contribution in [0.15, 0.2) is 85.1 Å². The maximum atomic E-state index is 12.9. The first kappa shape index (κ1) is 16.7. The zero-order chi connectivity index (χ0) is 18.8. The van der Waals surface area contributed by atoms with Gasteiger partial charge >= 0.3 is 0 Å². The maximum Gasteiger partial charge on any atom is 0.269 e. The molecule has 5 nitrogen and oxygen atoms in total. The zero-order valence-electron chi connectivity index (χ0n) is 14.4. The van der Waals surface area contributed by atoms with E-state index in [4.69, 9.17) is 0 Å². The third-order valence-electron chi connectivity index (χ3n) is 4.55. The first-order chi connectivity index (χ1) is 13.1. The van der Waals surface area contributed by atoms with Crippen molar-refractivity contribution < 1.29 is 9.72 Å². The quantitative estimate of drug-likeness (QED) is 0.389. The van der Waals surface area contributed by atoms with Crippen LogP contribution in [0, 0.1) is 10.1 Å². The van der Waals surface area contributed by atoms with Crippen molar-refractivity contribution in [3.63, 3.8) is 0 Å². The van der Waals surface area contributed by atoms with Gasteiger partial charge in [-0.2, -0.15) is 0 Å². The lowest BCUT2D eigenvalue weighted by atomic mass is 10.0. The van der Waals surface area contributed by atoms with E-state index in [1.807, 2.05) is 48.5 Å².